The fraction of sp³-hybridized carbons (Fsp3) is 0. The number of hydrogen-bond acceptors (Lipinski definition) is 3. The van der Waals surface area contributed by atoms with Crippen LogP contribution in [0.2, 0.25) is 0 Å². The van der Waals surface area contributed by atoms with E-state index in [2.05, 4.69) is 205 Å². The number of hydrogen-bond donors (Lipinski definition) is 0. The average molecular weight is 720 g/mol. The van der Waals surface area contributed by atoms with E-state index in [1.165, 1.54) is 53.2 Å². The number of anilines is 3. The lowest BCUT2D eigenvalue weighted by Crippen LogP contribution is -2.10. The minimum absolute atomic E-state index is 0.859. The molecule has 0 unspecified atom stereocenters. The molecule has 0 atom stereocenters. The molecule has 0 N–H and O–H groups in total. The third-order valence-corrected chi connectivity index (χ3v) is 12.0. The Hall–Kier alpha value is -6.94. The van der Waals surface area contributed by atoms with E-state index >= 15 is 0 Å². The zero-order valence-electron chi connectivity index (χ0n) is 29.8. The summed E-state index contributed by atoms with van der Waals surface area (Å²) in [6.07, 6.45) is 0. The lowest BCUT2D eigenvalue weighted by molar-refractivity contribution is 0.670. The summed E-state index contributed by atoms with van der Waals surface area (Å²) in [5.74, 6) is 0. The van der Waals surface area contributed by atoms with E-state index in [-0.39, 0.29) is 0 Å². The van der Waals surface area contributed by atoms with Crippen LogP contribution >= 0.6 is 11.3 Å². The van der Waals surface area contributed by atoms with Gasteiger partial charge in [-0.05, 0) is 81.1 Å². The first kappa shape index (κ1) is 31.6. The highest BCUT2D eigenvalue weighted by atomic mass is 32.1. The molecule has 0 amide bonds. The van der Waals surface area contributed by atoms with Crippen LogP contribution in [-0.2, 0) is 0 Å². The van der Waals surface area contributed by atoms with Gasteiger partial charge in [0.2, 0.25) is 0 Å². The molecule has 11 rings (SSSR count). The van der Waals surface area contributed by atoms with Gasteiger partial charge in [-0.1, -0.05) is 158 Å². The summed E-state index contributed by atoms with van der Waals surface area (Å²) in [5.41, 5.74) is 11.9. The molecular formula is C52H33NOS. The Morgan fingerprint density at radius 1 is 0.345 bits per heavy atom. The van der Waals surface area contributed by atoms with E-state index < -0.39 is 0 Å². The normalized spacial score (nSPS) is 11.6. The first-order valence-corrected chi connectivity index (χ1v) is 19.5. The van der Waals surface area contributed by atoms with Gasteiger partial charge in [-0.15, -0.1) is 11.3 Å². The molecule has 2 aromatic heterocycles. The van der Waals surface area contributed by atoms with E-state index in [4.69, 9.17) is 4.42 Å². The van der Waals surface area contributed by atoms with Gasteiger partial charge >= 0.3 is 0 Å². The van der Waals surface area contributed by atoms with Crippen LogP contribution in [0.25, 0.3) is 86.3 Å². The number of benzene rings is 9. The highest BCUT2D eigenvalue weighted by Crippen LogP contribution is 2.46. The number of furan rings is 1. The van der Waals surface area contributed by atoms with E-state index in [1.54, 1.807) is 0 Å². The van der Waals surface area contributed by atoms with Crippen molar-refractivity contribution in [2.75, 3.05) is 4.90 Å². The molecule has 0 aliphatic rings. The summed E-state index contributed by atoms with van der Waals surface area (Å²) in [6.45, 7) is 0. The van der Waals surface area contributed by atoms with Crippen molar-refractivity contribution < 1.29 is 4.42 Å². The van der Waals surface area contributed by atoms with Gasteiger partial charge in [-0.3, -0.25) is 0 Å². The first-order chi connectivity index (χ1) is 27.3. The van der Waals surface area contributed by atoms with Gasteiger partial charge < -0.3 is 9.32 Å². The lowest BCUT2D eigenvalue weighted by atomic mass is 9.97. The van der Waals surface area contributed by atoms with E-state index in [0.717, 1.165) is 50.1 Å². The second kappa shape index (κ2) is 12.9. The fourth-order valence-electron chi connectivity index (χ4n) is 8.33. The molecule has 0 bridgehead atoms. The number of nitrogens with zero attached hydrogens (tertiary/aromatic N) is 1. The Labute approximate surface area is 322 Å². The predicted octanol–water partition coefficient (Wildman–Crippen LogP) is 15.6. The van der Waals surface area contributed by atoms with Crippen LogP contribution in [0.1, 0.15) is 0 Å². The Morgan fingerprint density at radius 3 is 1.67 bits per heavy atom. The largest absolute Gasteiger partial charge is 0.453 e. The van der Waals surface area contributed by atoms with E-state index in [1.807, 2.05) is 11.3 Å². The zero-order chi connectivity index (χ0) is 36.3. The second-order valence-electron chi connectivity index (χ2n) is 14.0. The van der Waals surface area contributed by atoms with Crippen molar-refractivity contribution in [3.05, 3.63) is 200 Å². The monoisotopic (exact) mass is 719 g/mol. The molecule has 0 aliphatic carbocycles. The second-order valence-corrected chi connectivity index (χ2v) is 15.1. The third kappa shape index (κ3) is 5.24. The molecule has 2 heterocycles. The highest BCUT2D eigenvalue weighted by Gasteiger charge is 2.21. The SMILES string of the molecule is c1ccc(-c2cccc3c2oc2c(N(c4ccc(-c5cccc6ccccc56)cc4)c4ccc(-c5cccc6sc7ccccc7c56)cc4)cccc23)cc1. The maximum absolute atomic E-state index is 6.97. The molecule has 2 nitrogen and oxygen atoms in total. The van der Waals surface area contributed by atoms with Gasteiger partial charge in [0, 0.05) is 47.9 Å². The lowest BCUT2D eigenvalue weighted by Gasteiger charge is -2.26. The number of fused-ring (bicyclic) bond motifs is 7. The molecule has 0 fully saturated rings. The van der Waals surface area contributed by atoms with Crippen molar-refractivity contribution >= 4 is 81.3 Å². The maximum atomic E-state index is 6.97. The Balaban J connectivity index is 1.09. The Morgan fingerprint density at radius 2 is 0.873 bits per heavy atom. The first-order valence-electron chi connectivity index (χ1n) is 18.7. The van der Waals surface area contributed by atoms with Crippen LogP contribution in [0.4, 0.5) is 17.1 Å². The standard InChI is InChI=1S/C52H33NOS/c1-2-12-35(13-3-1)43-20-9-21-44-45-22-10-23-47(52(45)54-51(43)44)53(38-30-26-36(27-31-38)41-18-8-15-34-14-4-5-16-40(34)41)39-32-28-37(29-33-39)42-19-11-25-49-50(42)46-17-6-7-24-48(46)55-49/h1-33H. The van der Waals surface area contributed by atoms with Crippen LogP contribution in [-0.4, -0.2) is 0 Å². The molecule has 11 aromatic rings. The molecule has 0 saturated carbocycles. The van der Waals surface area contributed by atoms with Crippen LogP contribution in [0, 0.1) is 0 Å². The summed E-state index contributed by atoms with van der Waals surface area (Å²) in [7, 11) is 0. The summed E-state index contributed by atoms with van der Waals surface area (Å²) >= 11 is 1.86. The van der Waals surface area contributed by atoms with Crippen LogP contribution in [0.5, 0.6) is 0 Å². The third-order valence-electron chi connectivity index (χ3n) is 10.9. The average Bonchev–Trinajstić information content (AvgIpc) is 3.84. The van der Waals surface area contributed by atoms with Crippen molar-refractivity contribution in [2.45, 2.75) is 0 Å². The molecule has 0 radical (unpaired) electrons. The fourth-order valence-corrected chi connectivity index (χ4v) is 9.46. The van der Waals surface area contributed by atoms with Gasteiger partial charge in [0.25, 0.3) is 0 Å². The van der Waals surface area contributed by atoms with Crippen molar-refractivity contribution in [2.24, 2.45) is 0 Å². The molecule has 0 spiro atoms. The molecule has 0 saturated heterocycles. The van der Waals surface area contributed by atoms with Crippen molar-refractivity contribution in [1.29, 1.82) is 0 Å². The van der Waals surface area contributed by atoms with Gasteiger partial charge in [-0.2, -0.15) is 0 Å². The van der Waals surface area contributed by atoms with Gasteiger partial charge in [0.1, 0.15) is 5.58 Å². The molecule has 9 aromatic carbocycles. The summed E-state index contributed by atoms with van der Waals surface area (Å²) in [6, 6.07) is 72.0. The van der Waals surface area contributed by atoms with Crippen LogP contribution < -0.4 is 4.90 Å². The predicted molar refractivity (Wildman–Crippen MR) is 235 cm³/mol. The van der Waals surface area contributed by atoms with Gasteiger partial charge in [0.15, 0.2) is 5.58 Å². The van der Waals surface area contributed by atoms with E-state index in [9.17, 15) is 0 Å². The molecule has 258 valence electrons. The Bertz CT molecular complexity index is 3190. The highest BCUT2D eigenvalue weighted by molar-refractivity contribution is 7.25. The van der Waals surface area contributed by atoms with Crippen molar-refractivity contribution in [3.8, 4) is 33.4 Å². The summed E-state index contributed by atoms with van der Waals surface area (Å²) in [4.78, 5) is 2.34. The number of rotatable bonds is 6. The smallest absolute Gasteiger partial charge is 0.159 e. The van der Waals surface area contributed by atoms with Crippen molar-refractivity contribution in [1.82, 2.24) is 0 Å². The Kier molecular flexibility index (Phi) is 7.39. The zero-order valence-corrected chi connectivity index (χ0v) is 30.6. The number of para-hydroxylation sites is 2. The summed E-state index contributed by atoms with van der Waals surface area (Å²) in [5, 5.41) is 7.31. The topological polar surface area (TPSA) is 16.4 Å². The van der Waals surface area contributed by atoms with E-state index in [0.29, 0.717) is 0 Å². The van der Waals surface area contributed by atoms with Gasteiger partial charge in [-0.25, -0.2) is 0 Å². The quantitative estimate of drug-likeness (QED) is 0.170. The van der Waals surface area contributed by atoms with Crippen LogP contribution in [0.3, 0.4) is 0 Å². The van der Waals surface area contributed by atoms with Crippen molar-refractivity contribution in [3.63, 3.8) is 0 Å². The maximum Gasteiger partial charge on any atom is 0.159 e. The van der Waals surface area contributed by atoms with Crippen LogP contribution in [0.15, 0.2) is 205 Å². The minimum Gasteiger partial charge on any atom is -0.453 e. The van der Waals surface area contributed by atoms with Gasteiger partial charge in [0.05, 0.1) is 5.69 Å². The molecular weight excluding hydrogens is 687 g/mol. The minimum atomic E-state index is 0.859. The summed E-state index contributed by atoms with van der Waals surface area (Å²) < 4.78 is 9.59. The molecule has 55 heavy (non-hydrogen) atoms. The molecule has 3 heteroatoms. The number of thiophene rings is 1. The molecule has 0 aliphatic heterocycles.